The van der Waals surface area contributed by atoms with Gasteiger partial charge in [0.1, 0.15) is 10.3 Å². The van der Waals surface area contributed by atoms with Crippen molar-refractivity contribution in [2.24, 2.45) is 5.92 Å². The highest BCUT2D eigenvalue weighted by atomic mass is 32.2. The molecule has 2 unspecified atom stereocenters. The Balaban J connectivity index is 1.22. The van der Waals surface area contributed by atoms with Crippen LogP contribution >= 0.6 is 11.3 Å². The molecule has 2 aliphatic rings. The fourth-order valence-corrected chi connectivity index (χ4v) is 8.53. The number of ether oxygens (including phenoxy) is 1. The summed E-state index contributed by atoms with van der Waals surface area (Å²) in [6.07, 6.45) is 5.28. The number of hydrogen-bond acceptors (Lipinski definition) is 8. The Hall–Kier alpha value is -3.38. The highest BCUT2D eigenvalue weighted by Gasteiger charge is 2.34. The minimum absolute atomic E-state index is 0.0118. The second kappa shape index (κ2) is 12.7. The van der Waals surface area contributed by atoms with Crippen LogP contribution in [0.2, 0.25) is 0 Å². The highest BCUT2D eigenvalue weighted by molar-refractivity contribution is 7.89. The Bertz CT molecular complexity index is 1670. The van der Waals surface area contributed by atoms with Crippen molar-refractivity contribution in [1.29, 1.82) is 0 Å². The molecule has 0 spiro atoms. The smallest absolute Gasteiger partial charge is 0.243 e. The first-order valence-electron chi connectivity index (χ1n) is 14.8. The lowest BCUT2D eigenvalue weighted by atomic mass is 9.87. The Kier molecular flexibility index (Phi) is 8.76. The third-order valence-electron chi connectivity index (χ3n) is 8.74. The Morgan fingerprint density at radius 1 is 1.02 bits per heavy atom. The molecule has 0 radical (unpaired) electrons. The molecule has 2 aromatic heterocycles. The molecule has 1 aliphatic carbocycles. The fraction of sp³-hybridized carbons (Fsp3) is 0.406. The Labute approximate surface area is 257 Å². The van der Waals surface area contributed by atoms with Gasteiger partial charge in [0.05, 0.1) is 17.9 Å². The first-order chi connectivity index (χ1) is 20.8. The first-order valence-corrected chi connectivity index (χ1v) is 17.0. The van der Waals surface area contributed by atoms with Gasteiger partial charge >= 0.3 is 0 Å². The van der Waals surface area contributed by atoms with Crippen LogP contribution in [0.15, 0.2) is 71.6 Å². The lowest BCUT2D eigenvalue weighted by Crippen LogP contribution is -2.48. The normalized spacial score (nSPS) is 19.4. The van der Waals surface area contributed by atoms with E-state index in [1.807, 2.05) is 55.6 Å². The third kappa shape index (κ3) is 6.45. The van der Waals surface area contributed by atoms with E-state index >= 15 is 0 Å². The molecule has 4 aromatic rings. The molecule has 0 bridgehead atoms. The largest absolute Gasteiger partial charge is 0.481 e. The fourth-order valence-electron chi connectivity index (χ4n) is 6.26. The van der Waals surface area contributed by atoms with Gasteiger partial charge in [-0.05, 0) is 48.7 Å². The lowest BCUT2D eigenvalue weighted by Gasteiger charge is -2.39. The summed E-state index contributed by atoms with van der Waals surface area (Å²) in [6.45, 7) is 1.47. The van der Waals surface area contributed by atoms with E-state index in [0.717, 1.165) is 24.0 Å². The van der Waals surface area contributed by atoms with Gasteiger partial charge in [0.2, 0.25) is 21.8 Å². The predicted octanol–water partition coefficient (Wildman–Crippen LogP) is 5.68. The molecule has 3 heterocycles. The number of nitrogens with one attached hydrogen (secondary N) is 1. The van der Waals surface area contributed by atoms with Crippen LogP contribution in [0.3, 0.4) is 0 Å². The van der Waals surface area contributed by atoms with Crippen molar-refractivity contribution in [1.82, 2.24) is 19.2 Å². The predicted molar refractivity (Wildman–Crippen MR) is 169 cm³/mol. The van der Waals surface area contributed by atoms with E-state index in [0.29, 0.717) is 53.3 Å². The van der Waals surface area contributed by atoms with Gasteiger partial charge < -0.3 is 10.1 Å². The Morgan fingerprint density at radius 3 is 2.49 bits per heavy atom. The molecule has 1 N–H and O–H groups in total. The molecule has 1 amide bonds. The van der Waals surface area contributed by atoms with Gasteiger partial charge in [-0.2, -0.15) is 4.31 Å². The molecule has 11 heteroatoms. The number of methoxy groups -OCH3 is 1. The number of likely N-dealkylation sites (N-methyl/N-ethyl adjacent to an activating group) is 1. The summed E-state index contributed by atoms with van der Waals surface area (Å²) in [7, 11) is -0.101. The highest BCUT2D eigenvalue weighted by Crippen LogP contribution is 2.36. The van der Waals surface area contributed by atoms with E-state index in [9.17, 15) is 13.2 Å². The topological polar surface area (TPSA) is 105 Å². The average molecular weight is 620 g/mol. The maximum Gasteiger partial charge on any atom is 0.243 e. The van der Waals surface area contributed by atoms with Crippen molar-refractivity contribution in [2.75, 3.05) is 39.1 Å². The molecule has 1 aliphatic heterocycles. The standard InChI is InChI=1S/C32H37N5O4S2/c1-36-18-19-37(21-28(36)24-10-4-3-5-11-24)43(39,40)25-14-12-23(13-15-25)26(20-22-8-6-7-9-22)30(38)35-32-33-27-16-17-29(41-2)34-31(27)42-32/h3-5,10-17,22,26,28H,6-9,18-21H2,1-2H3,(H,33,35,38). The molecular formula is C32H37N5O4S2. The SMILES string of the molecule is COc1ccc2nc(NC(=O)C(CC3CCCC3)c3ccc(S(=O)(=O)N4CCN(C)C(c5ccccc5)C4)cc3)sc2n1. The minimum Gasteiger partial charge on any atom is -0.481 e. The summed E-state index contributed by atoms with van der Waals surface area (Å²) >= 11 is 1.31. The number of hydrogen-bond donors (Lipinski definition) is 1. The summed E-state index contributed by atoms with van der Waals surface area (Å²) in [6, 6.07) is 20.5. The number of sulfonamides is 1. The number of pyridine rings is 1. The number of piperazine rings is 1. The summed E-state index contributed by atoms with van der Waals surface area (Å²) < 4.78 is 34.3. The van der Waals surface area contributed by atoms with Gasteiger partial charge in [-0.1, -0.05) is 79.5 Å². The van der Waals surface area contributed by atoms with Gasteiger partial charge in [-0.25, -0.2) is 18.4 Å². The number of carbonyl (C=O) groups is 1. The van der Waals surface area contributed by atoms with Crippen LogP contribution in [0, 0.1) is 5.92 Å². The maximum atomic E-state index is 13.7. The third-order valence-corrected chi connectivity index (χ3v) is 11.5. The quantitative estimate of drug-likeness (QED) is 0.257. The number of aromatic nitrogens is 2. The lowest BCUT2D eigenvalue weighted by molar-refractivity contribution is -0.118. The van der Waals surface area contributed by atoms with Crippen LogP contribution in [0.5, 0.6) is 5.88 Å². The van der Waals surface area contributed by atoms with Crippen molar-refractivity contribution in [3.05, 3.63) is 77.9 Å². The molecule has 2 atom stereocenters. The van der Waals surface area contributed by atoms with E-state index in [2.05, 4.69) is 20.2 Å². The number of amides is 1. The molecule has 1 saturated carbocycles. The van der Waals surface area contributed by atoms with Crippen molar-refractivity contribution < 1.29 is 17.9 Å². The van der Waals surface area contributed by atoms with Crippen LogP contribution in [0.4, 0.5) is 5.13 Å². The summed E-state index contributed by atoms with van der Waals surface area (Å²) in [4.78, 5) is 25.8. The van der Waals surface area contributed by atoms with Gasteiger partial charge in [0, 0.05) is 31.7 Å². The number of nitrogens with zero attached hydrogens (tertiary/aromatic N) is 4. The summed E-state index contributed by atoms with van der Waals surface area (Å²) in [5.74, 6) is 0.398. The summed E-state index contributed by atoms with van der Waals surface area (Å²) in [5.41, 5.74) is 2.61. The van der Waals surface area contributed by atoms with Gasteiger partial charge in [-0.3, -0.25) is 9.69 Å². The van der Waals surface area contributed by atoms with Crippen molar-refractivity contribution in [3.8, 4) is 5.88 Å². The number of anilines is 1. The van der Waals surface area contributed by atoms with Gasteiger partial charge in [0.25, 0.3) is 0 Å². The van der Waals surface area contributed by atoms with Crippen LogP contribution < -0.4 is 10.1 Å². The van der Waals surface area contributed by atoms with Gasteiger partial charge in [0.15, 0.2) is 5.13 Å². The molecule has 43 heavy (non-hydrogen) atoms. The average Bonchev–Trinajstić information content (AvgIpc) is 3.69. The number of rotatable bonds is 9. The number of benzene rings is 2. The second-order valence-corrected chi connectivity index (χ2v) is 14.4. The molecule has 2 aromatic carbocycles. The molecule has 2 fully saturated rings. The zero-order valence-electron chi connectivity index (χ0n) is 24.5. The Morgan fingerprint density at radius 2 is 1.77 bits per heavy atom. The van der Waals surface area contributed by atoms with Crippen LogP contribution in [0.1, 0.15) is 55.2 Å². The maximum absolute atomic E-state index is 13.7. The number of fused-ring (bicyclic) bond motifs is 1. The van der Waals surface area contributed by atoms with Crippen LogP contribution in [0.25, 0.3) is 10.3 Å². The van der Waals surface area contributed by atoms with E-state index < -0.39 is 15.9 Å². The second-order valence-electron chi connectivity index (χ2n) is 11.5. The first kappa shape index (κ1) is 29.7. The van der Waals surface area contributed by atoms with Crippen molar-refractivity contribution in [3.63, 3.8) is 0 Å². The van der Waals surface area contributed by atoms with Crippen molar-refractivity contribution in [2.45, 2.75) is 49.0 Å². The molecule has 6 rings (SSSR count). The number of carbonyl (C=O) groups excluding carboxylic acids is 1. The minimum atomic E-state index is -3.70. The molecule has 9 nitrogen and oxygen atoms in total. The molecule has 1 saturated heterocycles. The molecular weight excluding hydrogens is 583 g/mol. The van der Waals surface area contributed by atoms with E-state index in [-0.39, 0.29) is 16.8 Å². The zero-order chi connectivity index (χ0) is 30.0. The monoisotopic (exact) mass is 619 g/mol. The van der Waals surface area contributed by atoms with Crippen molar-refractivity contribution >= 4 is 42.7 Å². The van der Waals surface area contributed by atoms with E-state index in [1.54, 1.807) is 29.6 Å². The summed E-state index contributed by atoms with van der Waals surface area (Å²) in [5, 5.41) is 3.50. The van der Waals surface area contributed by atoms with Crippen LogP contribution in [-0.2, 0) is 14.8 Å². The van der Waals surface area contributed by atoms with E-state index in [4.69, 9.17) is 4.74 Å². The zero-order valence-corrected chi connectivity index (χ0v) is 26.1. The van der Waals surface area contributed by atoms with E-state index in [1.165, 1.54) is 24.2 Å². The van der Waals surface area contributed by atoms with Crippen LogP contribution in [-0.4, -0.2) is 67.3 Å². The van der Waals surface area contributed by atoms with Gasteiger partial charge in [-0.15, -0.1) is 0 Å². The number of thiazole rings is 1. The molecule has 226 valence electrons.